The summed E-state index contributed by atoms with van der Waals surface area (Å²) in [5.41, 5.74) is 8.34. The Morgan fingerprint density at radius 1 is 0.857 bits per heavy atom. The Hall–Kier alpha value is -5.23. The van der Waals surface area contributed by atoms with E-state index in [1.54, 1.807) is 49.5 Å². The molecule has 42 heavy (non-hydrogen) atoms. The highest BCUT2D eigenvalue weighted by Gasteiger charge is 2.31. The molecule has 0 bridgehead atoms. The first-order valence-corrected chi connectivity index (χ1v) is 12.7. The smallest absolute Gasteiger partial charge is 0.416 e. The van der Waals surface area contributed by atoms with E-state index in [4.69, 9.17) is 22.1 Å². The van der Waals surface area contributed by atoms with Gasteiger partial charge in [0.25, 0.3) is 0 Å². The van der Waals surface area contributed by atoms with Crippen LogP contribution in [0.2, 0.25) is 5.02 Å². The van der Waals surface area contributed by atoms with Gasteiger partial charge in [0.1, 0.15) is 11.6 Å². The minimum absolute atomic E-state index is 0.00440. The van der Waals surface area contributed by atoms with Gasteiger partial charge in [0.05, 0.1) is 34.4 Å². The molecule has 0 spiro atoms. The fourth-order valence-electron chi connectivity index (χ4n) is 3.99. The lowest BCUT2D eigenvalue weighted by Gasteiger charge is -2.15. The highest BCUT2D eigenvalue weighted by atomic mass is 35.5. The van der Waals surface area contributed by atoms with Crippen LogP contribution in [0.5, 0.6) is 11.8 Å². The van der Waals surface area contributed by atoms with Crippen molar-refractivity contribution in [2.24, 2.45) is 0 Å². The third kappa shape index (κ3) is 6.73. The van der Waals surface area contributed by atoms with Crippen LogP contribution in [-0.2, 0) is 6.18 Å². The van der Waals surface area contributed by atoms with Crippen molar-refractivity contribution < 1.29 is 22.7 Å². The van der Waals surface area contributed by atoms with Gasteiger partial charge >= 0.3 is 18.2 Å². The molecular weight excluding hydrogens is 571 g/mol. The second-order valence-electron chi connectivity index (χ2n) is 9.06. The molecule has 0 saturated heterocycles. The summed E-state index contributed by atoms with van der Waals surface area (Å²) in [6, 6.07) is 12.7. The number of benzene rings is 2. The Morgan fingerprint density at radius 2 is 1.60 bits per heavy atom. The van der Waals surface area contributed by atoms with E-state index in [9.17, 15) is 18.0 Å². The van der Waals surface area contributed by atoms with Crippen molar-refractivity contribution in [3.8, 4) is 34.0 Å². The Morgan fingerprint density at radius 3 is 2.29 bits per heavy atom. The number of anilines is 3. The van der Waals surface area contributed by atoms with E-state index in [-0.39, 0.29) is 17.4 Å². The van der Waals surface area contributed by atoms with Gasteiger partial charge in [0, 0.05) is 35.3 Å². The average molecular weight is 592 g/mol. The fourth-order valence-corrected chi connectivity index (χ4v) is 4.14. The molecule has 0 fully saturated rings. The molecule has 3 heterocycles. The van der Waals surface area contributed by atoms with E-state index in [0.29, 0.717) is 33.3 Å². The first-order chi connectivity index (χ1) is 20.0. The molecule has 0 aliphatic rings. The Bertz CT molecular complexity index is 1750. The maximum Gasteiger partial charge on any atom is 0.416 e. The second kappa shape index (κ2) is 11.7. The summed E-state index contributed by atoms with van der Waals surface area (Å²) in [5.74, 6) is 0.772. The summed E-state index contributed by atoms with van der Waals surface area (Å²) in [6.07, 6.45) is 2.58. The summed E-state index contributed by atoms with van der Waals surface area (Å²) in [6.45, 7) is 1.80. The zero-order chi connectivity index (χ0) is 29.9. The number of ether oxygens (including phenoxy) is 1. The van der Waals surface area contributed by atoms with Gasteiger partial charge in [-0.3, -0.25) is 4.98 Å². The molecule has 0 radical (unpaired) electrons. The zero-order valence-electron chi connectivity index (χ0n) is 21.8. The van der Waals surface area contributed by atoms with Gasteiger partial charge in [-0.25, -0.2) is 19.7 Å². The van der Waals surface area contributed by atoms with E-state index < -0.39 is 17.8 Å². The Balaban J connectivity index is 1.27. The van der Waals surface area contributed by atoms with Crippen LogP contribution >= 0.6 is 11.6 Å². The van der Waals surface area contributed by atoms with Crippen LogP contribution < -0.4 is 21.1 Å². The maximum absolute atomic E-state index is 13.4. The number of nitrogen functional groups attached to an aromatic ring is 1. The number of alkyl halides is 3. The number of nitrogens with two attached hydrogens (primary N) is 1. The standard InChI is InChI=1S/C29H21ClF3N7O2/c1-16-8-18(12-35-11-16)23-7-4-19(29(31,32)33)9-25(23)40-27(41)39-21-14-37-28(38-15-21)42-22-5-2-17(3-6-22)24-10-20(30)13-36-26(24)34/h2-15H,1H3,(H2,34,36)(H2,39,40,41). The van der Waals surface area contributed by atoms with Crippen LogP contribution in [0.25, 0.3) is 22.3 Å². The molecule has 2 amide bonds. The number of aromatic nitrogens is 4. The molecule has 5 rings (SSSR count). The van der Waals surface area contributed by atoms with Crippen molar-refractivity contribution in [2.45, 2.75) is 13.1 Å². The van der Waals surface area contributed by atoms with E-state index in [2.05, 4.69) is 30.6 Å². The highest BCUT2D eigenvalue weighted by molar-refractivity contribution is 6.30. The number of amides is 2. The number of hydrogen-bond acceptors (Lipinski definition) is 7. The Kier molecular flexibility index (Phi) is 7.89. The average Bonchev–Trinajstić information content (AvgIpc) is 2.95. The SMILES string of the molecule is Cc1cncc(-c2ccc(C(F)(F)F)cc2NC(=O)Nc2cnc(Oc3ccc(-c4cc(Cl)cnc4N)cc3)nc2)c1. The van der Waals surface area contributed by atoms with Crippen molar-refractivity contribution in [1.82, 2.24) is 19.9 Å². The number of carbonyl (C=O) groups is 1. The van der Waals surface area contributed by atoms with Gasteiger partial charge in [-0.1, -0.05) is 29.8 Å². The number of nitrogens with one attached hydrogen (secondary N) is 2. The minimum atomic E-state index is -4.60. The van der Waals surface area contributed by atoms with Gasteiger partial charge in [-0.2, -0.15) is 13.2 Å². The highest BCUT2D eigenvalue weighted by Crippen LogP contribution is 2.36. The molecular formula is C29H21ClF3N7O2. The quantitative estimate of drug-likeness (QED) is 0.185. The number of urea groups is 1. The van der Waals surface area contributed by atoms with Gasteiger partial charge in [0.15, 0.2) is 0 Å². The number of nitrogens with zero attached hydrogens (tertiary/aromatic N) is 4. The maximum atomic E-state index is 13.4. The lowest BCUT2D eigenvalue weighted by atomic mass is 10.0. The predicted octanol–water partition coefficient (Wildman–Crippen LogP) is 7.60. The van der Waals surface area contributed by atoms with Crippen molar-refractivity contribution in [1.29, 1.82) is 0 Å². The normalized spacial score (nSPS) is 11.2. The van der Waals surface area contributed by atoms with Crippen LogP contribution in [0, 0.1) is 6.92 Å². The molecule has 4 N–H and O–H groups in total. The molecule has 212 valence electrons. The van der Waals surface area contributed by atoms with Crippen molar-refractivity contribution in [3.05, 3.63) is 102 Å². The van der Waals surface area contributed by atoms with Crippen molar-refractivity contribution >= 4 is 34.8 Å². The molecule has 0 unspecified atom stereocenters. The van der Waals surface area contributed by atoms with Crippen LogP contribution in [0.1, 0.15) is 11.1 Å². The first-order valence-electron chi connectivity index (χ1n) is 12.3. The monoisotopic (exact) mass is 591 g/mol. The first kappa shape index (κ1) is 28.3. The molecule has 0 aliphatic heterocycles. The third-order valence-electron chi connectivity index (χ3n) is 5.93. The third-order valence-corrected chi connectivity index (χ3v) is 6.13. The number of carbonyl (C=O) groups excluding carboxylic acids is 1. The number of hydrogen-bond donors (Lipinski definition) is 3. The van der Waals surface area contributed by atoms with Gasteiger partial charge < -0.3 is 21.1 Å². The molecule has 0 aliphatic carbocycles. The number of halogens is 4. The summed E-state index contributed by atoms with van der Waals surface area (Å²) >= 11 is 6.02. The van der Waals surface area contributed by atoms with Crippen LogP contribution in [0.15, 0.2) is 85.6 Å². The summed E-state index contributed by atoms with van der Waals surface area (Å²) in [5, 5.41) is 5.45. The molecule has 9 nitrogen and oxygen atoms in total. The number of rotatable bonds is 6. The Labute approximate surface area is 242 Å². The molecule has 0 saturated carbocycles. The molecule has 13 heteroatoms. The number of pyridine rings is 2. The van der Waals surface area contributed by atoms with Gasteiger partial charge in [-0.05, 0) is 54.4 Å². The number of aryl methyl sites for hydroxylation is 1. The predicted molar refractivity (Wildman–Crippen MR) is 153 cm³/mol. The van der Waals surface area contributed by atoms with Crippen LogP contribution in [0.4, 0.5) is 35.2 Å². The summed E-state index contributed by atoms with van der Waals surface area (Å²) in [7, 11) is 0. The van der Waals surface area contributed by atoms with E-state index in [1.807, 2.05) is 0 Å². The molecule has 0 atom stereocenters. The van der Waals surface area contributed by atoms with Crippen molar-refractivity contribution in [2.75, 3.05) is 16.4 Å². The molecule has 5 aromatic rings. The molecule has 2 aromatic carbocycles. The fraction of sp³-hybridized carbons (Fsp3) is 0.0690. The van der Waals surface area contributed by atoms with Gasteiger partial charge in [-0.15, -0.1) is 0 Å². The summed E-state index contributed by atoms with van der Waals surface area (Å²) in [4.78, 5) is 29.0. The topological polar surface area (TPSA) is 128 Å². The zero-order valence-corrected chi connectivity index (χ0v) is 22.5. The van der Waals surface area contributed by atoms with E-state index in [0.717, 1.165) is 23.3 Å². The van der Waals surface area contributed by atoms with Gasteiger partial charge in [0.2, 0.25) is 0 Å². The van der Waals surface area contributed by atoms with Crippen LogP contribution in [0.3, 0.4) is 0 Å². The van der Waals surface area contributed by atoms with E-state index in [1.165, 1.54) is 30.9 Å². The largest absolute Gasteiger partial charge is 0.424 e. The lowest BCUT2D eigenvalue weighted by Crippen LogP contribution is -2.20. The summed E-state index contributed by atoms with van der Waals surface area (Å²) < 4.78 is 45.8. The van der Waals surface area contributed by atoms with Crippen LogP contribution in [-0.4, -0.2) is 26.0 Å². The lowest BCUT2D eigenvalue weighted by molar-refractivity contribution is -0.137. The second-order valence-corrected chi connectivity index (χ2v) is 9.49. The molecule has 3 aromatic heterocycles. The van der Waals surface area contributed by atoms with Crippen molar-refractivity contribution in [3.63, 3.8) is 0 Å². The van der Waals surface area contributed by atoms with E-state index >= 15 is 0 Å². The minimum Gasteiger partial charge on any atom is -0.424 e.